The molecule has 0 saturated heterocycles. The Balaban J connectivity index is 2.12. The van der Waals surface area contributed by atoms with E-state index in [2.05, 4.69) is 6.07 Å². The number of aliphatic carboxylic acids is 1. The third-order valence-electron chi connectivity index (χ3n) is 4.86. The van der Waals surface area contributed by atoms with Gasteiger partial charge in [0.15, 0.2) is 0 Å². The predicted molar refractivity (Wildman–Crippen MR) is 82.4 cm³/mol. The number of carbonyl (C=O) groups is 1. The highest BCUT2D eigenvalue weighted by Crippen LogP contribution is 2.44. The predicted octanol–water partition coefficient (Wildman–Crippen LogP) is 4.06. The maximum absolute atomic E-state index is 11.7. The lowest BCUT2D eigenvalue weighted by Crippen LogP contribution is -2.19. The van der Waals surface area contributed by atoms with Gasteiger partial charge in [-0.3, -0.25) is 0 Å². The van der Waals surface area contributed by atoms with Crippen molar-refractivity contribution >= 4 is 11.5 Å². The summed E-state index contributed by atoms with van der Waals surface area (Å²) in [6, 6.07) is 6.03. The highest BCUT2D eigenvalue weighted by atomic mass is 16.5. The zero-order valence-electron chi connectivity index (χ0n) is 12.5. The lowest BCUT2D eigenvalue weighted by atomic mass is 9.74. The summed E-state index contributed by atoms with van der Waals surface area (Å²) in [5.74, 6) is 0.547. The molecule has 1 aromatic carbocycles. The molecule has 112 valence electrons. The fourth-order valence-corrected chi connectivity index (χ4v) is 3.89. The van der Waals surface area contributed by atoms with E-state index in [1.165, 1.54) is 24.8 Å². The van der Waals surface area contributed by atoms with Gasteiger partial charge in [-0.05, 0) is 48.8 Å². The molecule has 0 amide bonds. The summed E-state index contributed by atoms with van der Waals surface area (Å²) in [5.41, 5.74) is 4.01. The molecule has 0 aliphatic heterocycles. The molecule has 1 N–H and O–H groups in total. The van der Waals surface area contributed by atoms with Crippen LogP contribution in [0.25, 0.3) is 5.57 Å². The van der Waals surface area contributed by atoms with Crippen LogP contribution >= 0.6 is 0 Å². The van der Waals surface area contributed by atoms with Crippen molar-refractivity contribution in [3.63, 3.8) is 0 Å². The SMILES string of the molecule is COc1cccc2c1CCC(C(=O)O)=C2C1CCCCC1. The normalized spacial score (nSPS) is 19.3. The minimum Gasteiger partial charge on any atom is -0.496 e. The molecule has 3 nitrogen and oxygen atoms in total. The van der Waals surface area contributed by atoms with Gasteiger partial charge >= 0.3 is 5.97 Å². The number of allylic oxidation sites excluding steroid dienone is 1. The number of fused-ring (bicyclic) bond motifs is 1. The molecule has 1 fully saturated rings. The molecule has 0 atom stereocenters. The van der Waals surface area contributed by atoms with Gasteiger partial charge in [0.1, 0.15) is 5.75 Å². The molecule has 0 spiro atoms. The Morgan fingerprint density at radius 2 is 1.95 bits per heavy atom. The fourth-order valence-electron chi connectivity index (χ4n) is 3.89. The van der Waals surface area contributed by atoms with E-state index in [1.807, 2.05) is 12.1 Å². The van der Waals surface area contributed by atoms with Gasteiger partial charge in [-0.2, -0.15) is 0 Å². The number of ether oxygens (including phenoxy) is 1. The number of hydrogen-bond donors (Lipinski definition) is 1. The van der Waals surface area contributed by atoms with Crippen LogP contribution in [0.15, 0.2) is 23.8 Å². The van der Waals surface area contributed by atoms with Gasteiger partial charge in [0.05, 0.1) is 7.11 Å². The second kappa shape index (κ2) is 5.92. The largest absolute Gasteiger partial charge is 0.496 e. The second-order valence-corrected chi connectivity index (χ2v) is 6.02. The first-order chi connectivity index (χ1) is 10.2. The number of carboxylic acids is 1. The molecule has 0 heterocycles. The Morgan fingerprint density at radius 1 is 1.19 bits per heavy atom. The van der Waals surface area contributed by atoms with Crippen LogP contribution in [0.2, 0.25) is 0 Å². The Bertz CT molecular complexity index is 580. The van der Waals surface area contributed by atoms with Crippen LogP contribution < -0.4 is 4.74 Å². The molecule has 3 heteroatoms. The number of carboxylic acid groups (broad SMARTS) is 1. The van der Waals surface area contributed by atoms with Gasteiger partial charge in [0, 0.05) is 11.1 Å². The molecule has 1 aromatic rings. The van der Waals surface area contributed by atoms with Gasteiger partial charge in [0.2, 0.25) is 0 Å². The standard InChI is InChI=1S/C18H22O3/c1-21-16-9-5-8-14-13(16)10-11-15(18(19)20)17(14)12-6-3-2-4-7-12/h5,8-9,12H,2-4,6-7,10-11H2,1H3,(H,19,20). The molecule has 3 rings (SSSR count). The molecule has 0 unspecified atom stereocenters. The Labute approximate surface area is 125 Å². The highest BCUT2D eigenvalue weighted by Gasteiger charge is 2.30. The first-order valence-corrected chi connectivity index (χ1v) is 7.85. The van der Waals surface area contributed by atoms with E-state index < -0.39 is 5.97 Å². The zero-order valence-corrected chi connectivity index (χ0v) is 12.5. The van der Waals surface area contributed by atoms with Crippen molar-refractivity contribution < 1.29 is 14.6 Å². The van der Waals surface area contributed by atoms with E-state index in [9.17, 15) is 9.90 Å². The summed E-state index contributed by atoms with van der Waals surface area (Å²) in [6.45, 7) is 0. The van der Waals surface area contributed by atoms with Crippen LogP contribution in [-0.2, 0) is 11.2 Å². The average molecular weight is 286 g/mol. The molecule has 0 radical (unpaired) electrons. The topological polar surface area (TPSA) is 46.5 Å². The summed E-state index contributed by atoms with van der Waals surface area (Å²) < 4.78 is 5.47. The van der Waals surface area contributed by atoms with Gasteiger partial charge in [-0.1, -0.05) is 31.4 Å². The summed E-state index contributed by atoms with van der Waals surface area (Å²) in [4.78, 5) is 11.7. The molecule has 2 aliphatic carbocycles. The first-order valence-electron chi connectivity index (χ1n) is 7.85. The molecule has 21 heavy (non-hydrogen) atoms. The van der Waals surface area contributed by atoms with E-state index in [1.54, 1.807) is 7.11 Å². The van der Waals surface area contributed by atoms with Gasteiger partial charge in [0.25, 0.3) is 0 Å². The monoisotopic (exact) mass is 286 g/mol. The summed E-state index contributed by atoms with van der Waals surface area (Å²) >= 11 is 0. The van der Waals surface area contributed by atoms with E-state index in [0.29, 0.717) is 17.9 Å². The molecule has 0 bridgehead atoms. The van der Waals surface area contributed by atoms with E-state index in [-0.39, 0.29) is 0 Å². The number of methoxy groups -OCH3 is 1. The molecule has 2 aliphatic rings. The minimum absolute atomic E-state index is 0.399. The van der Waals surface area contributed by atoms with E-state index in [4.69, 9.17) is 4.74 Å². The molecular formula is C18H22O3. The lowest BCUT2D eigenvalue weighted by Gasteiger charge is -2.31. The van der Waals surface area contributed by atoms with Crippen LogP contribution in [-0.4, -0.2) is 18.2 Å². The fraction of sp³-hybridized carbons (Fsp3) is 0.500. The van der Waals surface area contributed by atoms with Crippen molar-refractivity contribution in [2.24, 2.45) is 5.92 Å². The third kappa shape index (κ3) is 2.57. The van der Waals surface area contributed by atoms with Gasteiger partial charge < -0.3 is 9.84 Å². The second-order valence-electron chi connectivity index (χ2n) is 6.02. The third-order valence-corrected chi connectivity index (χ3v) is 4.86. The smallest absolute Gasteiger partial charge is 0.331 e. The van der Waals surface area contributed by atoms with Crippen LogP contribution in [0.5, 0.6) is 5.75 Å². The van der Waals surface area contributed by atoms with Crippen molar-refractivity contribution in [1.29, 1.82) is 0 Å². The zero-order chi connectivity index (χ0) is 14.8. The average Bonchev–Trinajstić information content (AvgIpc) is 2.53. The van der Waals surface area contributed by atoms with Crippen LogP contribution in [0.4, 0.5) is 0 Å². The highest BCUT2D eigenvalue weighted by molar-refractivity contribution is 5.98. The van der Waals surface area contributed by atoms with E-state index >= 15 is 0 Å². The summed E-state index contributed by atoms with van der Waals surface area (Å²) in [5, 5.41) is 9.60. The van der Waals surface area contributed by atoms with Crippen molar-refractivity contribution in [3.8, 4) is 5.75 Å². The quantitative estimate of drug-likeness (QED) is 0.911. The van der Waals surface area contributed by atoms with Crippen LogP contribution in [0, 0.1) is 5.92 Å². The maximum atomic E-state index is 11.7. The lowest BCUT2D eigenvalue weighted by molar-refractivity contribution is -0.132. The van der Waals surface area contributed by atoms with Crippen LogP contribution in [0.3, 0.4) is 0 Å². The Kier molecular flexibility index (Phi) is 4.00. The van der Waals surface area contributed by atoms with E-state index in [0.717, 1.165) is 36.1 Å². The molecule has 1 saturated carbocycles. The summed E-state index contributed by atoms with van der Waals surface area (Å²) in [7, 11) is 1.69. The van der Waals surface area contributed by atoms with Crippen molar-refractivity contribution in [2.45, 2.75) is 44.9 Å². The minimum atomic E-state index is -0.746. The van der Waals surface area contributed by atoms with Crippen molar-refractivity contribution in [2.75, 3.05) is 7.11 Å². The van der Waals surface area contributed by atoms with Crippen LogP contribution in [0.1, 0.15) is 49.7 Å². The first kappa shape index (κ1) is 14.2. The summed E-state index contributed by atoms with van der Waals surface area (Å²) in [6.07, 6.45) is 7.30. The molecular weight excluding hydrogens is 264 g/mol. The molecule has 0 aromatic heterocycles. The number of rotatable bonds is 3. The van der Waals surface area contributed by atoms with Gasteiger partial charge in [-0.25, -0.2) is 4.79 Å². The van der Waals surface area contributed by atoms with Crippen molar-refractivity contribution in [1.82, 2.24) is 0 Å². The van der Waals surface area contributed by atoms with Gasteiger partial charge in [-0.15, -0.1) is 0 Å². The number of hydrogen-bond acceptors (Lipinski definition) is 2. The Morgan fingerprint density at radius 3 is 2.62 bits per heavy atom. The maximum Gasteiger partial charge on any atom is 0.331 e. The number of benzene rings is 1. The van der Waals surface area contributed by atoms with Crippen molar-refractivity contribution in [3.05, 3.63) is 34.9 Å². The Hall–Kier alpha value is -1.77.